The van der Waals surface area contributed by atoms with E-state index in [-0.39, 0.29) is 48.4 Å². The van der Waals surface area contributed by atoms with Gasteiger partial charge in [-0.15, -0.1) is 0 Å². The number of benzene rings is 1. The van der Waals surface area contributed by atoms with Gasteiger partial charge in [-0.2, -0.15) is 0 Å². The highest BCUT2D eigenvalue weighted by atomic mass is 35.5. The molecule has 5 aliphatic rings. The second-order valence-corrected chi connectivity index (χ2v) is 16.0. The number of nitrogens with zero attached hydrogens (tertiary/aromatic N) is 7. The van der Waals surface area contributed by atoms with Crippen LogP contribution in [0.25, 0.3) is 0 Å². The maximum absolute atomic E-state index is 15.3. The lowest BCUT2D eigenvalue weighted by Crippen LogP contribution is -2.52. The molecule has 0 bridgehead atoms. The number of nitrogens with one attached hydrogen (secondary N) is 1. The zero-order chi connectivity index (χ0) is 37.0. The molecule has 14 nitrogen and oxygen atoms in total. The van der Waals surface area contributed by atoms with Gasteiger partial charge in [-0.05, 0) is 49.4 Å². The zero-order valence-electron chi connectivity index (χ0n) is 29.4. The number of rotatable bonds is 7. The third-order valence-corrected chi connectivity index (χ3v) is 13.0. The molecule has 0 radical (unpaired) electrons. The summed E-state index contributed by atoms with van der Waals surface area (Å²) in [5, 5.41) is 3.35. The van der Waals surface area contributed by atoms with E-state index in [1.807, 2.05) is 19.1 Å². The normalized spacial score (nSPS) is 24.6. The fourth-order valence-electron chi connectivity index (χ4n) is 8.27. The van der Waals surface area contributed by atoms with E-state index in [4.69, 9.17) is 32.8 Å². The molecule has 1 unspecified atom stereocenters. The molecular weight excluding hydrogens is 723 g/mol. The summed E-state index contributed by atoms with van der Waals surface area (Å²) in [5.41, 5.74) is 14.2. The SMILES string of the molecule is C[C@@H]1OCC2(CCN(c3cnc(Sc4ccnc(N5CCN(Cc6cc(F)c7c(c6)CN(C6CCC(=O)NC6=O)C7=O)CC5)c4Cl)c(N)n3)CC2)[C@@H]1N. The van der Waals surface area contributed by atoms with E-state index in [9.17, 15) is 14.4 Å². The lowest BCUT2D eigenvalue weighted by Gasteiger charge is -2.41. The average molecular weight is 765 g/mol. The second-order valence-electron chi connectivity index (χ2n) is 14.6. The van der Waals surface area contributed by atoms with Gasteiger partial charge in [-0.25, -0.2) is 19.3 Å². The summed E-state index contributed by atoms with van der Waals surface area (Å²) in [4.78, 5) is 59.7. The van der Waals surface area contributed by atoms with Crippen molar-refractivity contribution in [3.8, 4) is 0 Å². The number of hydrogen-bond acceptors (Lipinski definition) is 13. The highest BCUT2D eigenvalue weighted by Gasteiger charge is 2.48. The summed E-state index contributed by atoms with van der Waals surface area (Å²) in [6.07, 6.45) is 5.80. The first-order valence-corrected chi connectivity index (χ1v) is 19.2. The van der Waals surface area contributed by atoms with Gasteiger partial charge < -0.3 is 30.9 Å². The van der Waals surface area contributed by atoms with Crippen LogP contribution in [-0.4, -0.2) is 107 Å². The predicted molar refractivity (Wildman–Crippen MR) is 197 cm³/mol. The van der Waals surface area contributed by atoms with Crippen LogP contribution >= 0.6 is 23.4 Å². The Morgan fingerprint density at radius 3 is 2.57 bits per heavy atom. The molecule has 17 heteroatoms. The molecule has 5 aliphatic heterocycles. The van der Waals surface area contributed by atoms with Gasteiger partial charge in [-0.1, -0.05) is 29.4 Å². The van der Waals surface area contributed by atoms with Crippen molar-refractivity contribution in [1.82, 2.24) is 30.1 Å². The third-order valence-electron chi connectivity index (χ3n) is 11.4. The number of nitrogens with two attached hydrogens (primary N) is 2. The fraction of sp³-hybridized carbons (Fsp3) is 0.500. The number of hydrogen-bond donors (Lipinski definition) is 3. The van der Waals surface area contributed by atoms with Gasteiger partial charge >= 0.3 is 0 Å². The lowest BCUT2D eigenvalue weighted by molar-refractivity contribution is -0.136. The first-order chi connectivity index (χ1) is 25.5. The molecule has 53 heavy (non-hydrogen) atoms. The highest BCUT2D eigenvalue weighted by Crippen LogP contribution is 2.43. The quantitative estimate of drug-likeness (QED) is 0.300. The van der Waals surface area contributed by atoms with Crippen LogP contribution in [0.15, 0.2) is 40.5 Å². The van der Waals surface area contributed by atoms with Gasteiger partial charge in [-0.3, -0.25) is 24.6 Å². The van der Waals surface area contributed by atoms with Crippen molar-refractivity contribution >= 4 is 58.5 Å². The Balaban J connectivity index is 0.873. The molecule has 3 amide bonds. The van der Waals surface area contributed by atoms with Crippen molar-refractivity contribution in [3.63, 3.8) is 0 Å². The van der Waals surface area contributed by atoms with Crippen LogP contribution in [0.5, 0.6) is 0 Å². The minimum absolute atomic E-state index is 0.000643. The van der Waals surface area contributed by atoms with E-state index in [0.29, 0.717) is 66.6 Å². The number of halogens is 2. The molecule has 1 aromatic carbocycles. The molecule has 1 spiro atoms. The summed E-state index contributed by atoms with van der Waals surface area (Å²) in [7, 11) is 0. The first-order valence-electron chi connectivity index (χ1n) is 18.0. The van der Waals surface area contributed by atoms with E-state index >= 15 is 4.39 Å². The summed E-state index contributed by atoms with van der Waals surface area (Å²) in [5.74, 6) is -0.253. The van der Waals surface area contributed by atoms with E-state index in [1.54, 1.807) is 12.4 Å². The first kappa shape index (κ1) is 35.9. The number of piperidine rings is 2. The van der Waals surface area contributed by atoms with Crippen molar-refractivity contribution in [2.24, 2.45) is 11.1 Å². The van der Waals surface area contributed by atoms with Crippen LogP contribution in [0.4, 0.5) is 21.8 Å². The monoisotopic (exact) mass is 764 g/mol. The van der Waals surface area contributed by atoms with Crippen LogP contribution in [0, 0.1) is 11.2 Å². The van der Waals surface area contributed by atoms with Gasteiger partial charge in [0.15, 0.2) is 5.82 Å². The van der Waals surface area contributed by atoms with Gasteiger partial charge in [0.05, 0.1) is 29.5 Å². The summed E-state index contributed by atoms with van der Waals surface area (Å²) in [6.45, 7) is 7.67. The number of nitrogen functional groups attached to an aromatic ring is 1. The molecule has 4 fully saturated rings. The van der Waals surface area contributed by atoms with E-state index in [0.717, 1.165) is 42.2 Å². The minimum atomic E-state index is -0.790. The smallest absolute Gasteiger partial charge is 0.258 e. The van der Waals surface area contributed by atoms with Crippen LogP contribution in [0.3, 0.4) is 0 Å². The van der Waals surface area contributed by atoms with Crippen molar-refractivity contribution in [2.75, 3.05) is 61.4 Å². The summed E-state index contributed by atoms with van der Waals surface area (Å²) < 4.78 is 21.2. The van der Waals surface area contributed by atoms with Gasteiger partial charge in [0.1, 0.15) is 28.5 Å². The Morgan fingerprint density at radius 1 is 1.09 bits per heavy atom. The van der Waals surface area contributed by atoms with Crippen molar-refractivity contribution in [2.45, 2.75) is 73.8 Å². The molecule has 0 saturated carbocycles. The predicted octanol–water partition coefficient (Wildman–Crippen LogP) is 2.81. The molecule has 7 heterocycles. The average Bonchev–Trinajstić information content (AvgIpc) is 3.61. The summed E-state index contributed by atoms with van der Waals surface area (Å²) in [6, 6.07) is 4.34. The molecule has 0 aliphatic carbocycles. The Bertz CT molecular complexity index is 1960. The fourth-order valence-corrected chi connectivity index (χ4v) is 9.39. The molecule has 8 rings (SSSR count). The number of fused-ring (bicyclic) bond motifs is 1. The van der Waals surface area contributed by atoms with E-state index in [1.165, 1.54) is 22.7 Å². The van der Waals surface area contributed by atoms with Crippen LogP contribution < -0.4 is 26.6 Å². The van der Waals surface area contributed by atoms with E-state index < -0.39 is 23.7 Å². The third kappa shape index (κ3) is 6.79. The second kappa shape index (κ2) is 14.3. The maximum Gasteiger partial charge on any atom is 0.258 e. The van der Waals surface area contributed by atoms with Crippen molar-refractivity contribution < 1.29 is 23.5 Å². The van der Waals surface area contributed by atoms with E-state index in [2.05, 4.69) is 30.0 Å². The van der Waals surface area contributed by atoms with Crippen LogP contribution in [0.2, 0.25) is 5.02 Å². The van der Waals surface area contributed by atoms with Crippen LogP contribution in [0.1, 0.15) is 54.1 Å². The topological polar surface area (TPSA) is 176 Å². The molecule has 3 atom stereocenters. The zero-order valence-corrected chi connectivity index (χ0v) is 31.0. The van der Waals surface area contributed by atoms with Crippen molar-refractivity contribution in [1.29, 1.82) is 0 Å². The molecular formula is C36H42ClFN10O4S. The number of carbonyl (C=O) groups excluding carboxylic acids is 3. The van der Waals surface area contributed by atoms with Gasteiger partial charge in [0, 0.05) is 81.3 Å². The number of piperazine rings is 1. The summed E-state index contributed by atoms with van der Waals surface area (Å²) >= 11 is 8.29. The molecule has 2 aromatic heterocycles. The standard InChI is InChI=1S/C36H42ClFN10O4S/c1-20-30(39)36(19-52-20)5-8-46(9-6-36)26-16-42-34(31(40)43-26)53-25-4-7-41-32(29(25)37)47-12-10-45(11-13-47)17-21-14-22-18-48(35(51)28(22)23(38)15-21)24-2-3-27(49)44-33(24)50/h4,7,14-16,20,24,30H,2-3,5-6,8-13,17-19,39H2,1H3,(H2,40,43)(H,44,49,50)/t20-,24?,30+/m0/s1. The largest absolute Gasteiger partial charge is 0.381 e. The molecule has 3 aromatic rings. The molecule has 4 saturated heterocycles. The number of anilines is 3. The molecule has 280 valence electrons. The number of imide groups is 1. The van der Waals surface area contributed by atoms with Gasteiger partial charge in [0.2, 0.25) is 11.8 Å². The number of ether oxygens (including phenoxy) is 1. The maximum atomic E-state index is 15.3. The Hall–Kier alpha value is -4.09. The van der Waals surface area contributed by atoms with Crippen LogP contribution in [-0.2, 0) is 27.4 Å². The number of carbonyl (C=O) groups is 3. The minimum Gasteiger partial charge on any atom is -0.381 e. The van der Waals surface area contributed by atoms with Crippen molar-refractivity contribution in [3.05, 3.63) is 58.1 Å². The Kier molecular flexibility index (Phi) is 9.68. The number of aromatic nitrogens is 3. The van der Waals surface area contributed by atoms with Gasteiger partial charge in [0.25, 0.3) is 5.91 Å². The highest BCUT2D eigenvalue weighted by molar-refractivity contribution is 7.99. The molecule has 5 N–H and O–H groups in total. The Morgan fingerprint density at radius 2 is 1.87 bits per heavy atom. The lowest BCUT2D eigenvalue weighted by atomic mass is 9.73. The number of pyridine rings is 1. The Labute approximate surface area is 315 Å². The number of amides is 3.